The molecule has 1 aromatic rings. The third kappa shape index (κ3) is 3.22. The molecule has 0 amide bonds. The summed E-state index contributed by atoms with van der Waals surface area (Å²) in [6.45, 7) is 0. The zero-order valence-corrected chi connectivity index (χ0v) is 7.80. The fourth-order valence-corrected chi connectivity index (χ4v) is 0.801. The van der Waals surface area contributed by atoms with Crippen molar-refractivity contribution in [3.8, 4) is 0 Å². The van der Waals surface area contributed by atoms with E-state index in [0.717, 1.165) is 0 Å². The van der Waals surface area contributed by atoms with Crippen LogP contribution < -0.4 is 5.73 Å². The summed E-state index contributed by atoms with van der Waals surface area (Å²) in [5.41, 5.74) is 6.01. The van der Waals surface area contributed by atoms with Crippen LogP contribution in [0.15, 0.2) is 18.2 Å². The molecule has 0 fully saturated rings. The standard InChI is InChI=1S/C9H11N3O2/c1-14-9(13)4-2-3-7-5-6-8(10)12-11-7/h2-3,5-6H,4H2,1H3,(H2,10,12). The molecule has 0 radical (unpaired) electrons. The van der Waals surface area contributed by atoms with E-state index in [9.17, 15) is 4.79 Å². The Morgan fingerprint density at radius 1 is 1.57 bits per heavy atom. The Hall–Kier alpha value is -1.91. The first kappa shape index (κ1) is 10.2. The molecule has 0 spiro atoms. The monoisotopic (exact) mass is 193 g/mol. The van der Waals surface area contributed by atoms with E-state index in [4.69, 9.17) is 5.73 Å². The van der Waals surface area contributed by atoms with Gasteiger partial charge in [0.25, 0.3) is 0 Å². The lowest BCUT2D eigenvalue weighted by Crippen LogP contribution is -1.97. The molecule has 74 valence electrons. The number of hydrogen-bond donors (Lipinski definition) is 1. The molecule has 0 aliphatic carbocycles. The molecule has 0 aliphatic heterocycles. The lowest BCUT2D eigenvalue weighted by atomic mass is 10.3. The lowest BCUT2D eigenvalue weighted by Gasteiger charge is -1.93. The molecule has 1 aromatic heterocycles. The van der Waals surface area contributed by atoms with E-state index in [2.05, 4.69) is 14.9 Å². The summed E-state index contributed by atoms with van der Waals surface area (Å²) in [4.78, 5) is 10.7. The Kier molecular flexibility index (Phi) is 3.60. The third-order valence-electron chi connectivity index (χ3n) is 1.51. The van der Waals surface area contributed by atoms with E-state index in [-0.39, 0.29) is 12.4 Å². The van der Waals surface area contributed by atoms with Gasteiger partial charge in [0, 0.05) is 0 Å². The van der Waals surface area contributed by atoms with Gasteiger partial charge in [0.2, 0.25) is 0 Å². The van der Waals surface area contributed by atoms with Crippen LogP contribution in [-0.2, 0) is 9.53 Å². The van der Waals surface area contributed by atoms with Crippen molar-refractivity contribution in [2.75, 3.05) is 12.8 Å². The van der Waals surface area contributed by atoms with Crippen LogP contribution >= 0.6 is 0 Å². The number of ether oxygens (including phenoxy) is 1. The van der Waals surface area contributed by atoms with Crippen molar-refractivity contribution in [1.29, 1.82) is 0 Å². The fourth-order valence-electron chi connectivity index (χ4n) is 0.801. The zero-order chi connectivity index (χ0) is 10.4. The Labute approximate surface area is 81.6 Å². The first-order valence-corrected chi connectivity index (χ1v) is 4.05. The van der Waals surface area contributed by atoms with Gasteiger partial charge in [-0.3, -0.25) is 4.79 Å². The van der Waals surface area contributed by atoms with Gasteiger partial charge in [-0.25, -0.2) is 0 Å². The Bertz CT molecular complexity index is 332. The Morgan fingerprint density at radius 3 is 2.93 bits per heavy atom. The summed E-state index contributed by atoms with van der Waals surface area (Å²) < 4.78 is 4.46. The van der Waals surface area contributed by atoms with Gasteiger partial charge >= 0.3 is 5.97 Å². The first-order chi connectivity index (χ1) is 6.72. The van der Waals surface area contributed by atoms with Crippen molar-refractivity contribution < 1.29 is 9.53 Å². The molecule has 0 aromatic carbocycles. The molecule has 0 saturated heterocycles. The van der Waals surface area contributed by atoms with Crippen LogP contribution in [0.1, 0.15) is 12.1 Å². The molecule has 0 bridgehead atoms. The maximum atomic E-state index is 10.7. The van der Waals surface area contributed by atoms with Gasteiger partial charge in [0.05, 0.1) is 19.2 Å². The summed E-state index contributed by atoms with van der Waals surface area (Å²) in [5.74, 6) is 0.0831. The molecule has 0 atom stereocenters. The van der Waals surface area contributed by atoms with Gasteiger partial charge < -0.3 is 10.5 Å². The van der Waals surface area contributed by atoms with Crippen LogP contribution in [0, 0.1) is 0 Å². The van der Waals surface area contributed by atoms with Gasteiger partial charge in [-0.05, 0) is 18.2 Å². The van der Waals surface area contributed by atoms with Crippen molar-refractivity contribution in [2.24, 2.45) is 0 Å². The lowest BCUT2D eigenvalue weighted by molar-refractivity contribution is -0.139. The van der Waals surface area contributed by atoms with Crippen LogP contribution in [0.3, 0.4) is 0 Å². The second-order valence-electron chi connectivity index (χ2n) is 2.57. The predicted molar refractivity (Wildman–Crippen MR) is 52.1 cm³/mol. The average Bonchev–Trinajstić information content (AvgIpc) is 2.21. The predicted octanol–water partition coefficient (Wildman–Crippen LogP) is 0.635. The van der Waals surface area contributed by atoms with E-state index < -0.39 is 0 Å². The molecule has 5 nitrogen and oxygen atoms in total. The number of aromatic nitrogens is 2. The molecule has 14 heavy (non-hydrogen) atoms. The summed E-state index contributed by atoms with van der Waals surface area (Å²) in [6, 6.07) is 3.36. The quantitative estimate of drug-likeness (QED) is 0.712. The Balaban J connectivity index is 2.52. The van der Waals surface area contributed by atoms with Crippen molar-refractivity contribution in [1.82, 2.24) is 10.2 Å². The average molecular weight is 193 g/mol. The minimum absolute atomic E-state index is 0.225. The van der Waals surface area contributed by atoms with Crippen LogP contribution in [0.4, 0.5) is 5.82 Å². The van der Waals surface area contributed by atoms with E-state index in [0.29, 0.717) is 11.5 Å². The topological polar surface area (TPSA) is 78.1 Å². The number of carbonyl (C=O) groups excluding carboxylic acids is 1. The second kappa shape index (κ2) is 4.96. The van der Waals surface area contributed by atoms with Crippen molar-refractivity contribution >= 4 is 17.9 Å². The maximum Gasteiger partial charge on any atom is 0.309 e. The minimum atomic E-state index is -0.287. The number of methoxy groups -OCH3 is 1. The SMILES string of the molecule is COC(=O)CC=Cc1ccc(N)nn1. The van der Waals surface area contributed by atoms with Crippen LogP contribution in [0.25, 0.3) is 6.08 Å². The van der Waals surface area contributed by atoms with Crippen molar-refractivity contribution in [2.45, 2.75) is 6.42 Å². The summed E-state index contributed by atoms with van der Waals surface area (Å²) in [6.07, 6.45) is 3.57. The number of carbonyl (C=O) groups is 1. The van der Waals surface area contributed by atoms with E-state index >= 15 is 0 Å². The van der Waals surface area contributed by atoms with Crippen LogP contribution in [0.2, 0.25) is 0 Å². The third-order valence-corrected chi connectivity index (χ3v) is 1.51. The number of nitrogens with two attached hydrogens (primary N) is 1. The number of esters is 1. The smallest absolute Gasteiger partial charge is 0.309 e. The van der Waals surface area contributed by atoms with Gasteiger partial charge in [-0.15, -0.1) is 10.2 Å². The first-order valence-electron chi connectivity index (χ1n) is 4.05. The number of rotatable bonds is 3. The largest absolute Gasteiger partial charge is 0.469 e. The van der Waals surface area contributed by atoms with E-state index in [1.807, 2.05) is 0 Å². The molecule has 0 saturated carbocycles. The number of nitrogens with zero attached hydrogens (tertiary/aromatic N) is 2. The van der Waals surface area contributed by atoms with Gasteiger partial charge in [-0.1, -0.05) is 6.08 Å². The highest BCUT2D eigenvalue weighted by molar-refractivity contribution is 5.72. The fraction of sp³-hybridized carbons (Fsp3) is 0.222. The highest BCUT2D eigenvalue weighted by Crippen LogP contribution is 2.00. The maximum absolute atomic E-state index is 10.7. The normalized spacial score (nSPS) is 10.4. The van der Waals surface area contributed by atoms with E-state index in [1.165, 1.54) is 7.11 Å². The highest BCUT2D eigenvalue weighted by Gasteiger charge is 1.94. The van der Waals surface area contributed by atoms with Crippen LogP contribution in [0.5, 0.6) is 0 Å². The molecule has 1 rings (SSSR count). The minimum Gasteiger partial charge on any atom is -0.469 e. The molecular weight excluding hydrogens is 182 g/mol. The highest BCUT2D eigenvalue weighted by atomic mass is 16.5. The van der Waals surface area contributed by atoms with Gasteiger partial charge in [0.1, 0.15) is 5.82 Å². The Morgan fingerprint density at radius 2 is 2.36 bits per heavy atom. The van der Waals surface area contributed by atoms with Gasteiger partial charge in [0.15, 0.2) is 0 Å². The van der Waals surface area contributed by atoms with E-state index in [1.54, 1.807) is 24.3 Å². The number of anilines is 1. The number of nitrogen functional groups attached to an aromatic ring is 1. The van der Waals surface area contributed by atoms with Crippen molar-refractivity contribution in [3.63, 3.8) is 0 Å². The molecule has 0 aliphatic rings. The summed E-state index contributed by atoms with van der Waals surface area (Å²) in [7, 11) is 1.35. The zero-order valence-electron chi connectivity index (χ0n) is 7.80. The summed E-state index contributed by atoms with van der Waals surface area (Å²) in [5, 5.41) is 7.44. The molecule has 1 heterocycles. The molecule has 2 N–H and O–H groups in total. The number of hydrogen-bond acceptors (Lipinski definition) is 5. The van der Waals surface area contributed by atoms with Crippen molar-refractivity contribution in [3.05, 3.63) is 23.9 Å². The summed E-state index contributed by atoms with van der Waals surface area (Å²) >= 11 is 0. The molecular formula is C9H11N3O2. The van der Waals surface area contributed by atoms with Crippen LogP contribution in [-0.4, -0.2) is 23.3 Å². The molecule has 0 unspecified atom stereocenters. The second-order valence-corrected chi connectivity index (χ2v) is 2.57. The molecule has 5 heteroatoms. The van der Waals surface area contributed by atoms with Gasteiger partial charge in [-0.2, -0.15) is 0 Å².